The van der Waals surface area contributed by atoms with Crippen molar-refractivity contribution in [3.8, 4) is 11.5 Å². The maximum atomic E-state index is 13.0. The molecule has 0 aliphatic carbocycles. The van der Waals surface area contributed by atoms with Gasteiger partial charge < -0.3 is 10.2 Å². The fraction of sp³-hybridized carbons (Fsp3) is 0.0526. The quantitative estimate of drug-likeness (QED) is 0.239. The molecule has 3 rings (SSSR count). The number of hydrogen-bond acceptors (Lipinski definition) is 4. The Morgan fingerprint density at radius 2 is 1.24 bits per heavy atom. The van der Waals surface area contributed by atoms with Crippen LogP contribution in [0.1, 0.15) is 16.7 Å². The van der Waals surface area contributed by atoms with Crippen molar-refractivity contribution in [3.05, 3.63) is 91.4 Å². The van der Waals surface area contributed by atoms with Crippen LogP contribution in [0.15, 0.2) is 54.6 Å². The summed E-state index contributed by atoms with van der Waals surface area (Å²) in [4.78, 5) is 0. The first-order valence-electron chi connectivity index (χ1n) is 7.91. The topological polar surface area (TPSA) is 94.8 Å². The number of hydrogen-bond donors (Lipinski definition) is 3. The van der Waals surface area contributed by atoms with E-state index in [9.17, 15) is 23.2 Å². The molecule has 0 radical (unpaired) electrons. The molecule has 0 heterocycles. The first kappa shape index (κ1) is 22.0. The predicted molar refractivity (Wildman–Crippen MR) is 114 cm³/mol. The summed E-state index contributed by atoms with van der Waals surface area (Å²) in [6.07, 6.45) is 0. The van der Waals surface area contributed by atoms with Crippen molar-refractivity contribution in [2.45, 2.75) is 4.75 Å². The van der Waals surface area contributed by atoms with Crippen molar-refractivity contribution in [3.63, 3.8) is 0 Å². The Balaban J connectivity index is 2.66. The van der Waals surface area contributed by atoms with Crippen LogP contribution in [0.2, 0.25) is 20.1 Å². The van der Waals surface area contributed by atoms with Crippen LogP contribution in [0, 0.1) is 0 Å². The summed E-state index contributed by atoms with van der Waals surface area (Å²) < 4.78 is 33.9. The van der Waals surface area contributed by atoms with E-state index in [0.717, 1.165) is 6.07 Å². The molecule has 29 heavy (non-hydrogen) atoms. The Morgan fingerprint density at radius 1 is 0.655 bits per heavy atom. The number of benzene rings is 3. The third kappa shape index (κ3) is 3.44. The van der Waals surface area contributed by atoms with Gasteiger partial charge in [0, 0.05) is 21.7 Å². The predicted octanol–water partition coefficient (Wildman–Crippen LogP) is 5.89. The van der Waals surface area contributed by atoms with Gasteiger partial charge in [0.1, 0.15) is 0 Å². The van der Waals surface area contributed by atoms with E-state index in [4.69, 9.17) is 46.4 Å². The van der Waals surface area contributed by atoms with Gasteiger partial charge in [-0.2, -0.15) is 8.42 Å². The van der Waals surface area contributed by atoms with E-state index in [-0.39, 0.29) is 31.2 Å². The molecular weight excluding hydrogens is 482 g/mol. The Bertz CT molecular complexity index is 1210. The summed E-state index contributed by atoms with van der Waals surface area (Å²) >= 11 is 24.6. The van der Waals surface area contributed by atoms with Gasteiger partial charge in [-0.3, -0.25) is 4.55 Å². The first-order chi connectivity index (χ1) is 13.5. The molecule has 0 aliphatic rings. The Kier molecular flexibility index (Phi) is 5.98. The van der Waals surface area contributed by atoms with Gasteiger partial charge in [-0.25, -0.2) is 0 Å². The van der Waals surface area contributed by atoms with Crippen molar-refractivity contribution in [2.75, 3.05) is 0 Å². The molecule has 1 unspecified atom stereocenters. The molecule has 0 bridgehead atoms. The monoisotopic (exact) mass is 492 g/mol. The third-order valence-corrected chi connectivity index (χ3v) is 7.34. The summed E-state index contributed by atoms with van der Waals surface area (Å²) in [5.41, 5.74) is -0.719. The number of phenolic OH excluding ortho intramolecular Hbond substituents is 2. The highest BCUT2D eigenvalue weighted by atomic mass is 35.5. The summed E-state index contributed by atoms with van der Waals surface area (Å²) in [5, 5.41) is 20.3. The van der Waals surface area contributed by atoms with Gasteiger partial charge >= 0.3 is 0 Å². The second kappa shape index (κ2) is 7.87. The maximum Gasteiger partial charge on any atom is 0.283 e. The number of phenols is 2. The highest BCUT2D eigenvalue weighted by Gasteiger charge is 2.53. The molecule has 0 saturated heterocycles. The van der Waals surface area contributed by atoms with Crippen LogP contribution >= 0.6 is 46.4 Å². The minimum atomic E-state index is -5.14. The molecule has 5 nitrogen and oxygen atoms in total. The molecule has 1 atom stereocenters. The summed E-state index contributed by atoms with van der Waals surface area (Å²) in [5.74, 6) is -1.64. The molecule has 3 aromatic rings. The highest BCUT2D eigenvalue weighted by molar-refractivity contribution is 7.87. The number of aromatic hydroxyl groups is 2. The lowest BCUT2D eigenvalue weighted by atomic mass is 9.83. The molecule has 0 saturated carbocycles. The normalized spacial score (nSPS) is 13.8. The SMILES string of the molecule is O=S(=O)(O)C(c1ccccc1Cl)(c1ccc(Cl)c(O)c1O)c1cccc(Cl)c1Cl. The molecule has 0 aromatic heterocycles. The van der Waals surface area contributed by atoms with Gasteiger partial charge in [0.25, 0.3) is 10.1 Å². The van der Waals surface area contributed by atoms with E-state index in [1.165, 1.54) is 42.5 Å². The number of rotatable bonds is 4. The molecule has 3 N–H and O–H groups in total. The smallest absolute Gasteiger partial charge is 0.283 e. The van der Waals surface area contributed by atoms with Crippen LogP contribution in [0.4, 0.5) is 0 Å². The lowest BCUT2D eigenvalue weighted by Gasteiger charge is -2.34. The highest BCUT2D eigenvalue weighted by Crippen LogP contribution is 2.54. The largest absolute Gasteiger partial charge is 0.504 e. The summed E-state index contributed by atoms with van der Waals surface area (Å²) in [6.45, 7) is 0. The van der Waals surface area contributed by atoms with E-state index in [2.05, 4.69) is 0 Å². The van der Waals surface area contributed by atoms with Crippen molar-refractivity contribution in [1.82, 2.24) is 0 Å². The van der Waals surface area contributed by atoms with E-state index in [1.54, 1.807) is 6.07 Å². The maximum absolute atomic E-state index is 13.0. The van der Waals surface area contributed by atoms with E-state index in [0.29, 0.717) is 0 Å². The van der Waals surface area contributed by atoms with Gasteiger partial charge in [-0.1, -0.05) is 82.8 Å². The number of halogens is 4. The zero-order valence-electron chi connectivity index (χ0n) is 14.3. The van der Waals surface area contributed by atoms with Gasteiger partial charge in [0.15, 0.2) is 16.2 Å². The summed E-state index contributed by atoms with van der Waals surface area (Å²) in [6, 6.07) is 12.3. The van der Waals surface area contributed by atoms with Crippen LogP contribution < -0.4 is 0 Å². The minimum Gasteiger partial charge on any atom is -0.504 e. The minimum absolute atomic E-state index is 0.00178. The lowest BCUT2D eigenvalue weighted by molar-refractivity contribution is 0.394. The van der Waals surface area contributed by atoms with Gasteiger partial charge in [-0.05, 0) is 18.2 Å². The van der Waals surface area contributed by atoms with Crippen molar-refractivity contribution >= 4 is 56.5 Å². The fourth-order valence-corrected chi connectivity index (χ4v) is 5.54. The average Bonchev–Trinajstić information content (AvgIpc) is 2.65. The van der Waals surface area contributed by atoms with Crippen LogP contribution in [0.3, 0.4) is 0 Å². The second-order valence-corrected chi connectivity index (χ2v) is 9.19. The molecular formula is C19H12Cl4O5S. The lowest BCUT2D eigenvalue weighted by Crippen LogP contribution is -2.39. The van der Waals surface area contributed by atoms with Gasteiger partial charge in [0.2, 0.25) is 0 Å². The second-order valence-electron chi connectivity index (χ2n) is 6.03. The third-order valence-electron chi connectivity index (χ3n) is 4.45. The summed E-state index contributed by atoms with van der Waals surface area (Å²) in [7, 11) is -5.14. The van der Waals surface area contributed by atoms with Gasteiger partial charge in [-0.15, -0.1) is 0 Å². The van der Waals surface area contributed by atoms with Crippen LogP contribution in [0.25, 0.3) is 0 Å². The van der Waals surface area contributed by atoms with Crippen molar-refractivity contribution in [1.29, 1.82) is 0 Å². The van der Waals surface area contributed by atoms with Crippen LogP contribution in [0.5, 0.6) is 11.5 Å². The molecule has 10 heteroatoms. The molecule has 0 fully saturated rings. The fourth-order valence-electron chi connectivity index (χ4n) is 3.21. The van der Waals surface area contributed by atoms with Crippen LogP contribution in [-0.4, -0.2) is 23.2 Å². The zero-order valence-corrected chi connectivity index (χ0v) is 18.1. The molecule has 3 aromatic carbocycles. The van der Waals surface area contributed by atoms with E-state index in [1.807, 2.05) is 0 Å². The Morgan fingerprint density at radius 3 is 1.86 bits per heavy atom. The van der Waals surface area contributed by atoms with Crippen molar-refractivity contribution in [2.24, 2.45) is 0 Å². The van der Waals surface area contributed by atoms with E-state index < -0.39 is 31.9 Å². The van der Waals surface area contributed by atoms with Gasteiger partial charge in [0.05, 0.1) is 15.1 Å². The van der Waals surface area contributed by atoms with Crippen LogP contribution in [-0.2, 0) is 14.9 Å². The van der Waals surface area contributed by atoms with Crippen molar-refractivity contribution < 1.29 is 23.2 Å². The first-order valence-corrected chi connectivity index (χ1v) is 10.9. The zero-order chi connectivity index (χ0) is 21.6. The average molecular weight is 494 g/mol. The molecule has 152 valence electrons. The molecule has 0 spiro atoms. The molecule has 0 aliphatic heterocycles. The molecule has 0 amide bonds. The Labute approximate surface area is 186 Å². The van der Waals surface area contributed by atoms with E-state index >= 15 is 0 Å². The Hall–Kier alpha value is -1.67. The standard InChI is InChI=1S/C19H12Cl4O5S/c20-13-6-2-1-4-10(13)19(29(26,27)28,11-5-3-7-14(21)16(11)23)12-8-9-15(22)18(25)17(12)24/h1-9,24-25H,(H,26,27,28).